The summed E-state index contributed by atoms with van der Waals surface area (Å²) in [7, 11) is -3.59. The van der Waals surface area contributed by atoms with Gasteiger partial charge in [0.05, 0.1) is 4.90 Å². The molecule has 196 valence electrons. The van der Waals surface area contributed by atoms with Crippen LogP contribution in [-0.2, 0) is 16.4 Å². The zero-order valence-corrected chi connectivity index (χ0v) is 23.0. The third kappa shape index (κ3) is 6.64. The van der Waals surface area contributed by atoms with E-state index in [1.54, 1.807) is 28.6 Å². The van der Waals surface area contributed by atoms with E-state index in [1.165, 1.54) is 43.2 Å². The van der Waals surface area contributed by atoms with Crippen LogP contribution in [0.3, 0.4) is 0 Å². The molecule has 0 amide bonds. The van der Waals surface area contributed by atoms with Crippen molar-refractivity contribution in [3.05, 3.63) is 101 Å². The normalized spacial score (nSPS) is 21.9. The summed E-state index contributed by atoms with van der Waals surface area (Å²) in [6.07, 6.45) is 6.19. The van der Waals surface area contributed by atoms with Crippen LogP contribution in [0.15, 0.2) is 89.8 Å². The Bertz CT molecular complexity index is 1240. The average Bonchev–Trinajstić information content (AvgIpc) is 3.35. The van der Waals surface area contributed by atoms with E-state index < -0.39 is 10.0 Å². The Morgan fingerprint density at radius 3 is 2.24 bits per heavy atom. The van der Waals surface area contributed by atoms with Crippen LogP contribution in [0.4, 0.5) is 0 Å². The summed E-state index contributed by atoms with van der Waals surface area (Å²) in [6, 6.07) is 27.8. The lowest BCUT2D eigenvalue weighted by Crippen LogP contribution is -2.39. The van der Waals surface area contributed by atoms with Crippen molar-refractivity contribution in [2.45, 2.75) is 42.9 Å². The Hall–Kier alpha value is -2.18. The molecule has 3 aromatic rings. The topological polar surface area (TPSA) is 40.6 Å². The van der Waals surface area contributed by atoms with Gasteiger partial charge in [0.2, 0.25) is 10.0 Å². The van der Waals surface area contributed by atoms with E-state index in [4.69, 9.17) is 11.6 Å². The van der Waals surface area contributed by atoms with Gasteiger partial charge in [-0.15, -0.1) is 0 Å². The largest absolute Gasteiger partial charge is 0.303 e. The molecule has 4 nitrogen and oxygen atoms in total. The third-order valence-electron chi connectivity index (χ3n) is 8.19. The van der Waals surface area contributed by atoms with Crippen LogP contribution in [0.5, 0.6) is 0 Å². The summed E-state index contributed by atoms with van der Waals surface area (Å²) in [5.74, 6) is 1.26. The summed E-state index contributed by atoms with van der Waals surface area (Å²) < 4.78 is 28.7. The molecule has 3 aromatic carbocycles. The average molecular weight is 537 g/mol. The van der Waals surface area contributed by atoms with Crippen LogP contribution in [0, 0.1) is 11.8 Å². The monoisotopic (exact) mass is 536 g/mol. The van der Waals surface area contributed by atoms with Crippen LogP contribution >= 0.6 is 11.6 Å². The molecular weight excluding hydrogens is 500 g/mol. The van der Waals surface area contributed by atoms with Crippen molar-refractivity contribution in [1.82, 2.24) is 9.21 Å². The summed E-state index contributed by atoms with van der Waals surface area (Å²) >= 11 is 6.12. The van der Waals surface area contributed by atoms with Gasteiger partial charge in [-0.3, -0.25) is 0 Å². The predicted octanol–water partition coefficient (Wildman–Crippen LogP) is 6.48. The highest BCUT2D eigenvalue weighted by Gasteiger charge is 2.41. The second kappa shape index (κ2) is 12.1. The molecule has 2 heterocycles. The summed E-state index contributed by atoms with van der Waals surface area (Å²) in [5.41, 5.74) is 2.66. The minimum Gasteiger partial charge on any atom is -0.303 e. The van der Waals surface area contributed by atoms with Gasteiger partial charge in [-0.2, -0.15) is 4.31 Å². The van der Waals surface area contributed by atoms with Crippen molar-refractivity contribution in [3.63, 3.8) is 0 Å². The van der Waals surface area contributed by atoms with Gasteiger partial charge >= 0.3 is 0 Å². The lowest BCUT2D eigenvalue weighted by Gasteiger charge is -2.34. The molecule has 0 N–H and O–H groups in total. The molecule has 5 rings (SSSR count). The molecule has 0 aliphatic carbocycles. The number of likely N-dealkylation sites (tertiary alicyclic amines) is 1. The molecule has 2 atom stereocenters. The van der Waals surface area contributed by atoms with Crippen molar-refractivity contribution in [3.8, 4) is 0 Å². The van der Waals surface area contributed by atoms with Gasteiger partial charge in [-0.1, -0.05) is 84.8 Å². The van der Waals surface area contributed by atoms with Crippen LogP contribution in [0.2, 0.25) is 5.02 Å². The molecule has 2 saturated heterocycles. The molecule has 2 aliphatic rings. The number of hydrogen-bond donors (Lipinski definition) is 0. The van der Waals surface area contributed by atoms with Gasteiger partial charge in [0, 0.05) is 30.6 Å². The Morgan fingerprint density at radius 2 is 1.54 bits per heavy atom. The zero-order valence-electron chi connectivity index (χ0n) is 21.4. The maximum atomic E-state index is 13.5. The quantitative estimate of drug-likeness (QED) is 0.314. The minimum absolute atomic E-state index is 0.193. The van der Waals surface area contributed by atoms with E-state index in [0.29, 0.717) is 18.1 Å². The molecule has 2 aliphatic heterocycles. The van der Waals surface area contributed by atoms with Crippen molar-refractivity contribution < 1.29 is 8.42 Å². The second-order valence-corrected chi connectivity index (χ2v) is 13.1. The smallest absolute Gasteiger partial charge is 0.243 e. The van der Waals surface area contributed by atoms with Crippen LogP contribution < -0.4 is 0 Å². The molecule has 0 unspecified atom stereocenters. The number of benzene rings is 3. The van der Waals surface area contributed by atoms with Crippen LogP contribution in [-0.4, -0.2) is 50.3 Å². The van der Waals surface area contributed by atoms with Gasteiger partial charge in [-0.05, 0) is 79.9 Å². The fraction of sp³-hybridized carbons (Fsp3) is 0.419. The van der Waals surface area contributed by atoms with E-state index in [2.05, 4.69) is 59.5 Å². The Kier molecular flexibility index (Phi) is 8.66. The second-order valence-electron chi connectivity index (χ2n) is 10.7. The molecule has 0 bridgehead atoms. The van der Waals surface area contributed by atoms with Crippen molar-refractivity contribution in [2.24, 2.45) is 11.8 Å². The van der Waals surface area contributed by atoms with Crippen LogP contribution in [0.1, 0.15) is 42.7 Å². The predicted molar refractivity (Wildman–Crippen MR) is 151 cm³/mol. The number of hydrogen-bond acceptors (Lipinski definition) is 3. The highest BCUT2D eigenvalue weighted by Crippen LogP contribution is 2.37. The summed E-state index contributed by atoms with van der Waals surface area (Å²) in [4.78, 5) is 2.85. The Labute approximate surface area is 227 Å². The fourth-order valence-electron chi connectivity index (χ4n) is 6.10. The van der Waals surface area contributed by atoms with E-state index in [9.17, 15) is 8.42 Å². The minimum atomic E-state index is -3.59. The number of nitrogens with zero attached hydrogens (tertiary/aromatic N) is 2. The van der Waals surface area contributed by atoms with E-state index in [0.717, 1.165) is 25.6 Å². The lowest BCUT2D eigenvalue weighted by atomic mass is 9.87. The first-order valence-electron chi connectivity index (χ1n) is 13.6. The highest BCUT2D eigenvalue weighted by molar-refractivity contribution is 7.89. The van der Waals surface area contributed by atoms with Gasteiger partial charge in [0.1, 0.15) is 0 Å². The lowest BCUT2D eigenvalue weighted by molar-refractivity contribution is 0.154. The summed E-state index contributed by atoms with van der Waals surface area (Å²) in [6.45, 7) is 4.22. The van der Waals surface area contributed by atoms with Gasteiger partial charge in [0.25, 0.3) is 0 Å². The molecule has 0 radical (unpaired) electrons. The Balaban J connectivity index is 1.20. The number of sulfonamides is 1. The number of piperidine rings is 1. The Morgan fingerprint density at radius 1 is 0.838 bits per heavy atom. The number of rotatable bonds is 9. The van der Waals surface area contributed by atoms with Crippen molar-refractivity contribution >= 4 is 21.6 Å². The van der Waals surface area contributed by atoms with Crippen molar-refractivity contribution in [1.29, 1.82) is 0 Å². The molecule has 2 fully saturated rings. The third-order valence-corrected chi connectivity index (χ3v) is 10.3. The van der Waals surface area contributed by atoms with Crippen molar-refractivity contribution in [2.75, 3.05) is 32.7 Å². The molecule has 6 heteroatoms. The highest BCUT2D eigenvalue weighted by atomic mass is 35.5. The SMILES string of the molecule is O=S(=O)(c1cccc(Cl)c1)N1C[C@H](CN2CCC(CCCc3ccccc3)CC2)[C@@H](c2ccccc2)C1. The molecule has 37 heavy (non-hydrogen) atoms. The van der Waals surface area contributed by atoms with Crippen LogP contribution in [0.25, 0.3) is 0 Å². The first kappa shape index (κ1) is 26.4. The maximum absolute atomic E-state index is 13.5. The van der Waals surface area contributed by atoms with Gasteiger partial charge < -0.3 is 4.90 Å². The standard InChI is InChI=1S/C31H37ClN2O2S/c32-29-15-8-16-30(21-29)37(35,36)34-23-28(31(24-34)27-13-5-2-6-14-27)22-33-19-17-26(18-20-33)12-7-11-25-9-3-1-4-10-25/h1-6,8-10,13-16,21,26,28,31H,7,11-12,17-20,22-24H2/t28-,31+/m0/s1. The number of aryl methyl sites for hydroxylation is 1. The fourth-order valence-corrected chi connectivity index (χ4v) is 7.92. The molecular formula is C31H37ClN2O2S. The van der Waals surface area contributed by atoms with E-state index in [1.807, 2.05) is 6.07 Å². The number of halogens is 1. The van der Waals surface area contributed by atoms with E-state index >= 15 is 0 Å². The first-order chi connectivity index (χ1) is 18.0. The summed E-state index contributed by atoms with van der Waals surface area (Å²) in [5, 5.41) is 0.447. The zero-order chi connectivity index (χ0) is 25.7. The van der Waals surface area contributed by atoms with Gasteiger partial charge in [-0.25, -0.2) is 8.42 Å². The first-order valence-corrected chi connectivity index (χ1v) is 15.4. The molecule has 0 spiro atoms. The van der Waals surface area contributed by atoms with Gasteiger partial charge in [0.15, 0.2) is 0 Å². The molecule has 0 saturated carbocycles. The van der Waals surface area contributed by atoms with E-state index in [-0.39, 0.29) is 16.7 Å². The maximum Gasteiger partial charge on any atom is 0.243 e. The molecule has 0 aromatic heterocycles.